The number of nitrogens with zero attached hydrogens (tertiary/aromatic N) is 3. The molecule has 26 heavy (non-hydrogen) atoms. The number of carbonyl (C=O) groups excluding carboxylic acids is 3. The molecule has 0 unspecified atom stereocenters. The summed E-state index contributed by atoms with van der Waals surface area (Å²) in [5.41, 5.74) is 2.64. The standard InChI is InChI=1S/C19H20N4O3/c1-14(25)15-2-4-17(5-3-15)21-18-10-16(11-20-12-18)19(26)23-8-6-22(13-24)7-9-23/h2-5,10-13,21H,6-9H2,1H3. The first-order valence-corrected chi connectivity index (χ1v) is 8.38. The molecule has 1 aliphatic rings. The molecule has 1 N–H and O–H groups in total. The van der Waals surface area contributed by atoms with Crippen LogP contribution in [0.25, 0.3) is 0 Å². The molecule has 0 radical (unpaired) electrons. The van der Waals surface area contributed by atoms with Gasteiger partial charge >= 0.3 is 0 Å². The molecule has 0 atom stereocenters. The largest absolute Gasteiger partial charge is 0.354 e. The van der Waals surface area contributed by atoms with Gasteiger partial charge in [-0.05, 0) is 37.3 Å². The number of benzene rings is 1. The van der Waals surface area contributed by atoms with Crippen molar-refractivity contribution in [1.82, 2.24) is 14.8 Å². The van der Waals surface area contributed by atoms with E-state index in [1.54, 1.807) is 40.4 Å². The fraction of sp³-hybridized carbons (Fsp3) is 0.263. The molecule has 0 saturated carbocycles. The molecule has 2 aromatic rings. The highest BCUT2D eigenvalue weighted by molar-refractivity contribution is 5.95. The average molecular weight is 352 g/mol. The summed E-state index contributed by atoms with van der Waals surface area (Å²) in [6.07, 6.45) is 3.99. The van der Waals surface area contributed by atoms with Gasteiger partial charge in [0.05, 0.1) is 17.4 Å². The van der Waals surface area contributed by atoms with Crippen molar-refractivity contribution in [2.75, 3.05) is 31.5 Å². The third-order valence-electron chi connectivity index (χ3n) is 4.32. The Kier molecular flexibility index (Phi) is 5.26. The van der Waals surface area contributed by atoms with Crippen molar-refractivity contribution < 1.29 is 14.4 Å². The Morgan fingerprint density at radius 2 is 1.69 bits per heavy atom. The van der Waals surface area contributed by atoms with E-state index in [9.17, 15) is 14.4 Å². The number of pyridine rings is 1. The van der Waals surface area contributed by atoms with Gasteiger partial charge in [-0.3, -0.25) is 19.4 Å². The van der Waals surface area contributed by atoms with E-state index in [-0.39, 0.29) is 11.7 Å². The van der Waals surface area contributed by atoms with E-state index in [1.165, 1.54) is 6.92 Å². The molecule has 134 valence electrons. The molecule has 1 fully saturated rings. The summed E-state index contributed by atoms with van der Waals surface area (Å²) in [4.78, 5) is 42.3. The lowest BCUT2D eigenvalue weighted by atomic mass is 10.1. The number of nitrogens with one attached hydrogen (secondary N) is 1. The smallest absolute Gasteiger partial charge is 0.255 e. The van der Waals surface area contributed by atoms with Crippen LogP contribution in [-0.4, -0.2) is 59.1 Å². The first-order chi connectivity index (χ1) is 12.6. The molecule has 2 amide bonds. The van der Waals surface area contributed by atoms with Gasteiger partial charge in [0.15, 0.2) is 5.78 Å². The second kappa shape index (κ2) is 7.77. The zero-order chi connectivity index (χ0) is 18.5. The van der Waals surface area contributed by atoms with Crippen LogP contribution in [0.15, 0.2) is 42.7 Å². The Hall–Kier alpha value is -3.22. The minimum Gasteiger partial charge on any atom is -0.354 e. The first kappa shape index (κ1) is 17.6. The van der Waals surface area contributed by atoms with Crippen LogP contribution < -0.4 is 5.32 Å². The highest BCUT2D eigenvalue weighted by atomic mass is 16.2. The number of anilines is 2. The molecule has 1 saturated heterocycles. The maximum absolute atomic E-state index is 12.6. The van der Waals surface area contributed by atoms with Crippen LogP contribution in [0.2, 0.25) is 0 Å². The van der Waals surface area contributed by atoms with E-state index in [4.69, 9.17) is 0 Å². The SMILES string of the molecule is CC(=O)c1ccc(Nc2cncc(C(=O)N3CCN(C=O)CC3)c2)cc1. The maximum Gasteiger partial charge on any atom is 0.255 e. The van der Waals surface area contributed by atoms with E-state index in [0.29, 0.717) is 43.0 Å². The van der Waals surface area contributed by atoms with Gasteiger partial charge in [0.25, 0.3) is 5.91 Å². The van der Waals surface area contributed by atoms with Gasteiger partial charge in [-0.15, -0.1) is 0 Å². The zero-order valence-corrected chi connectivity index (χ0v) is 14.5. The minimum absolute atomic E-state index is 0.0143. The number of amides is 2. The maximum atomic E-state index is 12.6. The molecule has 3 rings (SSSR count). The molecule has 0 aliphatic carbocycles. The van der Waals surface area contributed by atoms with Gasteiger partial charge < -0.3 is 15.1 Å². The zero-order valence-electron chi connectivity index (χ0n) is 14.5. The molecule has 2 heterocycles. The number of rotatable bonds is 5. The van der Waals surface area contributed by atoms with Crippen LogP contribution in [0.1, 0.15) is 27.6 Å². The second-order valence-electron chi connectivity index (χ2n) is 6.15. The Bertz CT molecular complexity index is 812. The van der Waals surface area contributed by atoms with Crippen molar-refractivity contribution in [2.24, 2.45) is 0 Å². The Morgan fingerprint density at radius 3 is 2.31 bits per heavy atom. The van der Waals surface area contributed by atoms with E-state index in [2.05, 4.69) is 10.3 Å². The lowest BCUT2D eigenvalue weighted by Gasteiger charge is -2.32. The van der Waals surface area contributed by atoms with Crippen LogP contribution in [0.4, 0.5) is 11.4 Å². The fourth-order valence-corrected chi connectivity index (χ4v) is 2.79. The molecule has 0 bridgehead atoms. The predicted molar refractivity (Wildman–Crippen MR) is 97.5 cm³/mol. The minimum atomic E-state index is -0.0985. The second-order valence-corrected chi connectivity index (χ2v) is 6.15. The van der Waals surface area contributed by atoms with Gasteiger partial charge in [0.1, 0.15) is 0 Å². The quantitative estimate of drug-likeness (QED) is 0.657. The van der Waals surface area contributed by atoms with Gasteiger partial charge in [-0.1, -0.05) is 0 Å². The number of hydrogen-bond acceptors (Lipinski definition) is 5. The van der Waals surface area contributed by atoms with Crippen LogP contribution in [0, 0.1) is 0 Å². The Morgan fingerprint density at radius 1 is 1.00 bits per heavy atom. The van der Waals surface area contributed by atoms with E-state index in [1.807, 2.05) is 12.1 Å². The van der Waals surface area contributed by atoms with Crippen molar-refractivity contribution in [3.05, 3.63) is 53.9 Å². The monoisotopic (exact) mass is 352 g/mol. The molecule has 7 nitrogen and oxygen atoms in total. The van der Waals surface area contributed by atoms with Gasteiger partial charge in [-0.25, -0.2) is 0 Å². The van der Waals surface area contributed by atoms with Gasteiger partial charge in [-0.2, -0.15) is 0 Å². The average Bonchev–Trinajstić information content (AvgIpc) is 2.68. The first-order valence-electron chi connectivity index (χ1n) is 8.38. The number of aromatic nitrogens is 1. The highest BCUT2D eigenvalue weighted by Crippen LogP contribution is 2.18. The fourth-order valence-electron chi connectivity index (χ4n) is 2.79. The van der Waals surface area contributed by atoms with Crippen LogP contribution in [0.5, 0.6) is 0 Å². The summed E-state index contributed by atoms with van der Waals surface area (Å²) in [5, 5.41) is 3.19. The van der Waals surface area contributed by atoms with Crippen molar-refractivity contribution in [3.8, 4) is 0 Å². The lowest BCUT2D eigenvalue weighted by molar-refractivity contribution is -0.119. The third kappa shape index (κ3) is 4.05. The number of hydrogen-bond donors (Lipinski definition) is 1. The van der Waals surface area contributed by atoms with E-state index in [0.717, 1.165) is 12.1 Å². The topological polar surface area (TPSA) is 82.6 Å². The number of Topliss-reactive ketones (excluding diaryl/α,β-unsaturated/α-hetero) is 1. The highest BCUT2D eigenvalue weighted by Gasteiger charge is 2.21. The van der Waals surface area contributed by atoms with Gasteiger partial charge in [0, 0.05) is 43.6 Å². The number of carbonyl (C=O) groups is 3. The van der Waals surface area contributed by atoms with Crippen LogP contribution in [-0.2, 0) is 4.79 Å². The van der Waals surface area contributed by atoms with Gasteiger partial charge in [0.2, 0.25) is 6.41 Å². The molecule has 1 aromatic heterocycles. The number of ketones is 1. The normalized spacial score (nSPS) is 14.0. The van der Waals surface area contributed by atoms with Crippen LogP contribution in [0.3, 0.4) is 0 Å². The molecular weight excluding hydrogens is 332 g/mol. The summed E-state index contributed by atoms with van der Waals surface area (Å²) >= 11 is 0. The molecule has 1 aliphatic heterocycles. The van der Waals surface area contributed by atoms with Crippen molar-refractivity contribution in [3.63, 3.8) is 0 Å². The summed E-state index contributed by atoms with van der Waals surface area (Å²) in [6.45, 7) is 3.64. The third-order valence-corrected chi connectivity index (χ3v) is 4.32. The Labute approximate surface area is 151 Å². The molecule has 0 spiro atoms. The van der Waals surface area contributed by atoms with Crippen molar-refractivity contribution in [2.45, 2.75) is 6.92 Å². The molecule has 7 heteroatoms. The molecule has 1 aromatic carbocycles. The van der Waals surface area contributed by atoms with Crippen molar-refractivity contribution in [1.29, 1.82) is 0 Å². The Balaban J connectivity index is 1.68. The lowest BCUT2D eigenvalue weighted by Crippen LogP contribution is -2.48. The summed E-state index contributed by atoms with van der Waals surface area (Å²) in [5.74, 6) is -0.0842. The summed E-state index contributed by atoms with van der Waals surface area (Å²) in [7, 11) is 0. The van der Waals surface area contributed by atoms with E-state index >= 15 is 0 Å². The van der Waals surface area contributed by atoms with Crippen molar-refractivity contribution >= 4 is 29.5 Å². The van der Waals surface area contributed by atoms with E-state index < -0.39 is 0 Å². The molecular formula is C19H20N4O3. The predicted octanol–water partition coefficient (Wildman–Crippen LogP) is 1.94. The number of piperazine rings is 1. The van der Waals surface area contributed by atoms with Crippen LogP contribution >= 0.6 is 0 Å². The summed E-state index contributed by atoms with van der Waals surface area (Å²) in [6, 6.07) is 8.87. The summed E-state index contributed by atoms with van der Waals surface area (Å²) < 4.78 is 0.